The van der Waals surface area contributed by atoms with Crippen LogP contribution in [-0.2, 0) is 6.54 Å². The predicted molar refractivity (Wildman–Crippen MR) is 75.7 cm³/mol. The average molecular weight is 335 g/mol. The molecule has 9 heteroatoms. The molecule has 0 radical (unpaired) electrons. The summed E-state index contributed by atoms with van der Waals surface area (Å²) in [4.78, 5) is 26.0. The monoisotopic (exact) mass is 333 g/mol. The fourth-order valence-electron chi connectivity index (χ4n) is 1.60. The van der Waals surface area contributed by atoms with E-state index in [4.69, 9.17) is 34.8 Å². The molecule has 20 heavy (non-hydrogen) atoms. The quantitative estimate of drug-likeness (QED) is 0.491. The second kappa shape index (κ2) is 5.78. The van der Waals surface area contributed by atoms with Gasteiger partial charge in [0.05, 0.1) is 28.4 Å². The zero-order chi connectivity index (χ0) is 14.9. The largest absolute Gasteiger partial charge is 0.293 e. The van der Waals surface area contributed by atoms with Crippen LogP contribution in [0.25, 0.3) is 0 Å². The molecule has 1 heterocycles. The van der Waals surface area contributed by atoms with Gasteiger partial charge in [0.15, 0.2) is 5.15 Å². The van der Waals surface area contributed by atoms with E-state index in [9.17, 15) is 14.9 Å². The lowest BCUT2D eigenvalue weighted by atomic mass is 10.2. The maximum Gasteiger partial charge on any atom is 0.275 e. The summed E-state index contributed by atoms with van der Waals surface area (Å²) in [5.74, 6) is 0. The van der Waals surface area contributed by atoms with Crippen molar-refractivity contribution >= 4 is 40.5 Å². The van der Waals surface area contributed by atoms with Gasteiger partial charge in [0.1, 0.15) is 5.02 Å². The molecule has 2 aromatic rings. The van der Waals surface area contributed by atoms with Crippen LogP contribution in [0.3, 0.4) is 0 Å². The van der Waals surface area contributed by atoms with Crippen molar-refractivity contribution < 1.29 is 4.92 Å². The summed E-state index contributed by atoms with van der Waals surface area (Å²) >= 11 is 17.3. The lowest BCUT2D eigenvalue weighted by Crippen LogP contribution is -2.22. The van der Waals surface area contributed by atoms with Crippen LogP contribution in [0.4, 0.5) is 5.69 Å². The Bertz CT molecular complexity index is 745. The van der Waals surface area contributed by atoms with Gasteiger partial charge in [-0.15, -0.1) is 0 Å². The molecule has 0 amide bonds. The molecule has 0 bridgehead atoms. The number of nitro benzene ring substituents is 1. The van der Waals surface area contributed by atoms with Crippen molar-refractivity contribution in [2.75, 3.05) is 0 Å². The van der Waals surface area contributed by atoms with Gasteiger partial charge in [-0.2, -0.15) is 0 Å². The third-order valence-electron chi connectivity index (χ3n) is 2.56. The van der Waals surface area contributed by atoms with Crippen LogP contribution in [0.1, 0.15) is 5.56 Å². The van der Waals surface area contributed by atoms with Gasteiger partial charge < -0.3 is 0 Å². The molecule has 0 atom stereocenters. The number of nitrogens with zero attached hydrogens (tertiary/aromatic N) is 3. The summed E-state index contributed by atoms with van der Waals surface area (Å²) in [6.07, 6.45) is 1.16. The Morgan fingerprint density at radius 2 is 2.00 bits per heavy atom. The predicted octanol–water partition coefficient (Wildman–Crippen LogP) is 3.16. The first-order valence-corrected chi connectivity index (χ1v) is 6.37. The van der Waals surface area contributed by atoms with Crippen LogP contribution in [0, 0.1) is 10.1 Å². The van der Waals surface area contributed by atoms with Crippen LogP contribution in [0.5, 0.6) is 0 Å². The highest BCUT2D eigenvalue weighted by atomic mass is 35.5. The summed E-state index contributed by atoms with van der Waals surface area (Å²) in [6.45, 7) is -0.126. The molecule has 0 spiro atoms. The molecule has 1 aromatic heterocycles. The zero-order valence-electron chi connectivity index (χ0n) is 9.72. The highest BCUT2D eigenvalue weighted by Crippen LogP contribution is 2.27. The summed E-state index contributed by atoms with van der Waals surface area (Å²) < 4.78 is 1.10. The van der Waals surface area contributed by atoms with Gasteiger partial charge in [-0.3, -0.25) is 19.5 Å². The fourth-order valence-corrected chi connectivity index (χ4v) is 2.11. The highest BCUT2D eigenvalue weighted by Gasteiger charge is 2.18. The first-order chi connectivity index (χ1) is 9.41. The van der Waals surface area contributed by atoms with Crippen molar-refractivity contribution in [1.29, 1.82) is 0 Å². The standard InChI is InChI=1S/C11H6Cl3N3O3/c12-7-2-1-3-8(17(19)20)6(7)4-16-5-15-10(14)9(13)11(16)18/h1-3,5H,4H2. The van der Waals surface area contributed by atoms with Crippen molar-refractivity contribution in [2.24, 2.45) is 0 Å². The molecule has 0 N–H and O–H groups in total. The van der Waals surface area contributed by atoms with E-state index in [-0.39, 0.29) is 33.0 Å². The Morgan fingerprint density at radius 3 is 2.65 bits per heavy atom. The molecule has 104 valence electrons. The van der Waals surface area contributed by atoms with Gasteiger partial charge in [0.2, 0.25) is 0 Å². The van der Waals surface area contributed by atoms with E-state index in [2.05, 4.69) is 4.98 Å². The smallest absolute Gasteiger partial charge is 0.275 e. The van der Waals surface area contributed by atoms with E-state index in [0.29, 0.717) is 0 Å². The van der Waals surface area contributed by atoms with Crippen LogP contribution >= 0.6 is 34.8 Å². The molecule has 6 nitrogen and oxygen atoms in total. The molecule has 0 saturated carbocycles. The van der Waals surface area contributed by atoms with Crippen LogP contribution in [-0.4, -0.2) is 14.5 Å². The van der Waals surface area contributed by atoms with Crippen LogP contribution in [0.2, 0.25) is 15.2 Å². The van der Waals surface area contributed by atoms with Gasteiger partial charge in [0, 0.05) is 6.07 Å². The topological polar surface area (TPSA) is 78.0 Å². The molecule has 2 rings (SSSR count). The average Bonchev–Trinajstić information content (AvgIpc) is 2.41. The molecule has 0 aliphatic heterocycles. The van der Waals surface area contributed by atoms with E-state index in [0.717, 1.165) is 10.9 Å². The second-order valence-electron chi connectivity index (χ2n) is 3.78. The fraction of sp³-hybridized carbons (Fsp3) is 0.0909. The lowest BCUT2D eigenvalue weighted by Gasteiger charge is -2.08. The molecule has 0 aliphatic carbocycles. The summed E-state index contributed by atoms with van der Waals surface area (Å²) in [7, 11) is 0. The van der Waals surface area contributed by atoms with E-state index < -0.39 is 10.5 Å². The third-order valence-corrected chi connectivity index (χ3v) is 3.64. The van der Waals surface area contributed by atoms with Crippen molar-refractivity contribution in [3.05, 3.63) is 65.8 Å². The molecule has 0 unspecified atom stereocenters. The number of benzene rings is 1. The molecule has 0 aliphatic rings. The molecular weight excluding hydrogens is 328 g/mol. The lowest BCUT2D eigenvalue weighted by molar-refractivity contribution is -0.385. The van der Waals surface area contributed by atoms with E-state index in [1.165, 1.54) is 18.2 Å². The van der Waals surface area contributed by atoms with Crippen molar-refractivity contribution in [3.63, 3.8) is 0 Å². The number of aromatic nitrogens is 2. The molecule has 0 saturated heterocycles. The number of halogens is 3. The highest BCUT2D eigenvalue weighted by molar-refractivity contribution is 6.40. The van der Waals surface area contributed by atoms with Crippen molar-refractivity contribution in [1.82, 2.24) is 9.55 Å². The number of rotatable bonds is 3. The first-order valence-electron chi connectivity index (χ1n) is 5.24. The van der Waals surface area contributed by atoms with E-state index in [1.54, 1.807) is 0 Å². The summed E-state index contributed by atoms with van der Waals surface area (Å²) in [6, 6.07) is 4.26. The van der Waals surface area contributed by atoms with Gasteiger partial charge >= 0.3 is 0 Å². The van der Waals surface area contributed by atoms with Gasteiger partial charge in [-0.1, -0.05) is 40.9 Å². The normalized spacial score (nSPS) is 10.6. The minimum atomic E-state index is -0.596. The zero-order valence-corrected chi connectivity index (χ0v) is 12.0. The molecular formula is C11H6Cl3N3O3. The SMILES string of the molecule is O=c1c(Cl)c(Cl)ncn1Cc1c(Cl)cccc1[N+](=O)[O-]. The summed E-state index contributed by atoms with van der Waals surface area (Å²) in [5.41, 5.74) is -0.585. The van der Waals surface area contributed by atoms with Gasteiger partial charge in [-0.25, -0.2) is 4.98 Å². The van der Waals surface area contributed by atoms with Crippen molar-refractivity contribution in [3.8, 4) is 0 Å². The number of hydrogen-bond donors (Lipinski definition) is 0. The Morgan fingerprint density at radius 1 is 1.30 bits per heavy atom. The minimum Gasteiger partial charge on any atom is -0.293 e. The Hall–Kier alpha value is -1.63. The third kappa shape index (κ3) is 2.77. The Balaban J connectivity index is 2.54. The van der Waals surface area contributed by atoms with E-state index in [1.807, 2.05) is 0 Å². The molecule has 1 aromatic carbocycles. The van der Waals surface area contributed by atoms with Crippen LogP contribution in [0.15, 0.2) is 29.3 Å². The maximum absolute atomic E-state index is 11.9. The minimum absolute atomic E-state index is 0.124. The van der Waals surface area contributed by atoms with Crippen molar-refractivity contribution in [2.45, 2.75) is 6.54 Å². The maximum atomic E-state index is 11.9. The number of hydrogen-bond acceptors (Lipinski definition) is 4. The summed E-state index contributed by atoms with van der Waals surface area (Å²) in [5, 5.41) is 10.8. The molecule has 0 fully saturated rings. The van der Waals surface area contributed by atoms with E-state index >= 15 is 0 Å². The second-order valence-corrected chi connectivity index (χ2v) is 4.92. The Labute approximate surface area is 127 Å². The Kier molecular flexibility index (Phi) is 4.27. The first kappa shape index (κ1) is 14.8. The van der Waals surface area contributed by atoms with Gasteiger partial charge in [0.25, 0.3) is 11.2 Å². The number of nitro groups is 1. The van der Waals surface area contributed by atoms with Gasteiger partial charge in [-0.05, 0) is 6.07 Å². The van der Waals surface area contributed by atoms with Crippen LogP contribution < -0.4 is 5.56 Å².